The van der Waals surface area contributed by atoms with Crippen LogP contribution in [0.25, 0.3) is 0 Å². The van der Waals surface area contributed by atoms with Gasteiger partial charge in [-0.3, -0.25) is 4.79 Å². The van der Waals surface area contributed by atoms with Crippen LogP contribution in [0.1, 0.15) is 24.8 Å². The zero-order valence-corrected chi connectivity index (χ0v) is 12.5. The molecule has 1 N–H and O–H groups in total. The Hall–Kier alpha value is -0.930. The number of rotatable bonds is 8. The molecule has 0 amide bonds. The first-order valence-corrected chi connectivity index (χ1v) is 7.40. The van der Waals surface area contributed by atoms with E-state index in [1.807, 2.05) is 31.2 Å². The van der Waals surface area contributed by atoms with Gasteiger partial charge < -0.3 is 10.0 Å². The number of hydrogen-bond acceptors (Lipinski definition) is 2. The summed E-state index contributed by atoms with van der Waals surface area (Å²) >= 11 is 11.5. The lowest BCUT2D eigenvalue weighted by atomic mass is 9.96. The van der Waals surface area contributed by atoms with E-state index in [0.29, 0.717) is 18.2 Å². The molecule has 0 bridgehead atoms. The Kier molecular flexibility index (Phi) is 7.03. The van der Waals surface area contributed by atoms with Crippen LogP contribution in [0.2, 0.25) is 0 Å². The first-order chi connectivity index (χ1) is 9.13. The van der Waals surface area contributed by atoms with Crippen molar-refractivity contribution in [3.8, 4) is 0 Å². The quantitative estimate of drug-likeness (QED) is 0.747. The molecule has 1 atom stereocenters. The van der Waals surface area contributed by atoms with Crippen LogP contribution in [0, 0.1) is 0 Å². The molecule has 0 aliphatic carbocycles. The maximum atomic E-state index is 11.1. The molecule has 0 aliphatic rings. The fourth-order valence-corrected chi connectivity index (χ4v) is 2.45. The predicted molar refractivity (Wildman–Crippen MR) is 80.8 cm³/mol. The molecule has 0 spiro atoms. The van der Waals surface area contributed by atoms with Gasteiger partial charge in [-0.15, -0.1) is 23.2 Å². The summed E-state index contributed by atoms with van der Waals surface area (Å²) in [4.78, 5) is 13.2. The zero-order chi connectivity index (χ0) is 14.3. The van der Waals surface area contributed by atoms with E-state index in [4.69, 9.17) is 28.3 Å². The fourth-order valence-electron chi connectivity index (χ4n) is 2.04. The number of alkyl halides is 2. The number of anilines is 1. The van der Waals surface area contributed by atoms with Gasteiger partial charge in [-0.1, -0.05) is 19.1 Å². The number of carbonyl (C=O) groups is 1. The minimum Gasteiger partial charge on any atom is -0.481 e. The Balaban J connectivity index is 2.87. The van der Waals surface area contributed by atoms with E-state index < -0.39 is 11.9 Å². The summed E-state index contributed by atoms with van der Waals surface area (Å²) in [7, 11) is 0. The minimum absolute atomic E-state index is 0.441. The number of aliphatic carboxylic acids is 1. The molecule has 3 nitrogen and oxygen atoms in total. The van der Waals surface area contributed by atoms with Crippen LogP contribution in [0.15, 0.2) is 24.3 Å². The second kappa shape index (κ2) is 8.28. The van der Waals surface area contributed by atoms with Crippen molar-refractivity contribution in [2.45, 2.75) is 19.3 Å². The second-order valence-corrected chi connectivity index (χ2v) is 5.01. The lowest BCUT2D eigenvalue weighted by molar-refractivity contribution is -0.138. The summed E-state index contributed by atoms with van der Waals surface area (Å²) in [5.74, 6) is -0.159. The van der Waals surface area contributed by atoms with E-state index in [1.54, 1.807) is 0 Å². The normalized spacial score (nSPS) is 12.2. The Morgan fingerprint density at radius 2 is 1.74 bits per heavy atom. The molecule has 1 rings (SSSR count). The van der Waals surface area contributed by atoms with Crippen LogP contribution in [-0.2, 0) is 4.79 Å². The van der Waals surface area contributed by atoms with E-state index in [1.165, 1.54) is 0 Å². The Labute approximate surface area is 124 Å². The molecule has 0 fully saturated rings. The summed E-state index contributed by atoms with van der Waals surface area (Å²) in [6, 6.07) is 7.60. The molecule has 1 aromatic rings. The van der Waals surface area contributed by atoms with Crippen molar-refractivity contribution in [1.29, 1.82) is 0 Å². The molecule has 1 unspecified atom stereocenters. The average Bonchev–Trinajstić information content (AvgIpc) is 2.40. The van der Waals surface area contributed by atoms with Gasteiger partial charge in [0.1, 0.15) is 0 Å². The van der Waals surface area contributed by atoms with Gasteiger partial charge in [0.15, 0.2) is 0 Å². The third-order valence-electron chi connectivity index (χ3n) is 3.08. The van der Waals surface area contributed by atoms with Gasteiger partial charge in [-0.2, -0.15) is 0 Å². The van der Waals surface area contributed by atoms with Crippen LogP contribution in [0.3, 0.4) is 0 Å². The third-order valence-corrected chi connectivity index (χ3v) is 3.41. The smallest absolute Gasteiger partial charge is 0.310 e. The molecular formula is C14H19Cl2NO2. The van der Waals surface area contributed by atoms with Crippen LogP contribution < -0.4 is 4.90 Å². The van der Waals surface area contributed by atoms with Gasteiger partial charge in [0, 0.05) is 30.5 Å². The Bertz CT molecular complexity index is 389. The van der Waals surface area contributed by atoms with Crippen molar-refractivity contribution in [1.82, 2.24) is 0 Å². The molecule has 0 aliphatic heterocycles. The maximum Gasteiger partial charge on any atom is 0.310 e. The molecule has 0 heterocycles. The van der Waals surface area contributed by atoms with E-state index in [0.717, 1.165) is 24.3 Å². The summed E-state index contributed by atoms with van der Waals surface area (Å²) < 4.78 is 0. The summed E-state index contributed by atoms with van der Waals surface area (Å²) in [5.41, 5.74) is 1.85. The number of nitrogens with zero attached hydrogens (tertiary/aromatic N) is 1. The van der Waals surface area contributed by atoms with Crippen molar-refractivity contribution in [3.05, 3.63) is 29.8 Å². The summed E-state index contributed by atoms with van der Waals surface area (Å²) in [6.07, 6.45) is 0.585. The molecule has 19 heavy (non-hydrogen) atoms. The van der Waals surface area contributed by atoms with Crippen LogP contribution >= 0.6 is 23.2 Å². The number of halogens is 2. The summed E-state index contributed by atoms with van der Waals surface area (Å²) in [6.45, 7) is 3.33. The number of carboxylic acids is 1. The van der Waals surface area contributed by atoms with Crippen molar-refractivity contribution >= 4 is 34.9 Å². The molecule has 0 aromatic heterocycles. The van der Waals surface area contributed by atoms with Crippen molar-refractivity contribution in [2.24, 2.45) is 0 Å². The van der Waals surface area contributed by atoms with Gasteiger partial charge in [0.05, 0.1) is 5.92 Å². The lowest BCUT2D eigenvalue weighted by Crippen LogP contribution is -2.27. The van der Waals surface area contributed by atoms with E-state index in [2.05, 4.69) is 4.90 Å². The predicted octanol–water partition coefficient (Wildman–Crippen LogP) is 3.55. The van der Waals surface area contributed by atoms with E-state index in [-0.39, 0.29) is 0 Å². The van der Waals surface area contributed by atoms with Gasteiger partial charge >= 0.3 is 5.97 Å². The SMILES string of the molecule is CCC(C(=O)O)c1ccc(N(CCCl)CCCl)cc1. The Morgan fingerprint density at radius 3 is 2.11 bits per heavy atom. The van der Waals surface area contributed by atoms with Gasteiger partial charge in [0.2, 0.25) is 0 Å². The minimum atomic E-state index is -0.784. The van der Waals surface area contributed by atoms with Crippen LogP contribution in [0.4, 0.5) is 5.69 Å². The number of benzene rings is 1. The van der Waals surface area contributed by atoms with Crippen molar-refractivity contribution in [3.63, 3.8) is 0 Å². The molecule has 5 heteroatoms. The lowest BCUT2D eigenvalue weighted by Gasteiger charge is -2.23. The highest BCUT2D eigenvalue weighted by atomic mass is 35.5. The second-order valence-electron chi connectivity index (χ2n) is 4.26. The highest BCUT2D eigenvalue weighted by Gasteiger charge is 2.17. The first kappa shape index (κ1) is 16.1. The first-order valence-electron chi connectivity index (χ1n) is 6.33. The number of carboxylic acid groups (broad SMARTS) is 1. The largest absolute Gasteiger partial charge is 0.481 e. The molecule has 106 valence electrons. The molecule has 1 aromatic carbocycles. The van der Waals surface area contributed by atoms with Gasteiger partial charge in [-0.25, -0.2) is 0 Å². The van der Waals surface area contributed by atoms with Crippen molar-refractivity contribution < 1.29 is 9.90 Å². The molecule has 0 saturated heterocycles. The number of hydrogen-bond donors (Lipinski definition) is 1. The van der Waals surface area contributed by atoms with Crippen molar-refractivity contribution in [2.75, 3.05) is 29.7 Å². The van der Waals surface area contributed by atoms with Crippen LogP contribution in [-0.4, -0.2) is 35.9 Å². The summed E-state index contributed by atoms with van der Waals surface area (Å²) in [5, 5.41) is 9.13. The zero-order valence-electron chi connectivity index (χ0n) is 11.0. The van der Waals surface area contributed by atoms with E-state index >= 15 is 0 Å². The maximum absolute atomic E-state index is 11.1. The standard InChI is InChI=1S/C14H19Cl2NO2/c1-2-13(14(18)19)11-3-5-12(6-4-11)17(9-7-15)10-8-16/h3-6,13H,2,7-10H2,1H3,(H,18,19). The van der Waals surface area contributed by atoms with Crippen LogP contribution in [0.5, 0.6) is 0 Å². The molecular weight excluding hydrogens is 285 g/mol. The monoisotopic (exact) mass is 303 g/mol. The average molecular weight is 304 g/mol. The Morgan fingerprint density at radius 1 is 1.21 bits per heavy atom. The van der Waals surface area contributed by atoms with E-state index in [9.17, 15) is 4.79 Å². The van der Waals surface area contributed by atoms with Gasteiger partial charge in [0.25, 0.3) is 0 Å². The molecule has 0 radical (unpaired) electrons. The van der Waals surface area contributed by atoms with Gasteiger partial charge in [-0.05, 0) is 24.1 Å². The highest BCUT2D eigenvalue weighted by molar-refractivity contribution is 6.18. The highest BCUT2D eigenvalue weighted by Crippen LogP contribution is 2.23. The fraction of sp³-hybridized carbons (Fsp3) is 0.500. The third kappa shape index (κ3) is 4.59. The topological polar surface area (TPSA) is 40.5 Å². The molecule has 0 saturated carbocycles.